The zero-order valence-electron chi connectivity index (χ0n) is 19.3. The second-order valence-corrected chi connectivity index (χ2v) is 8.30. The lowest BCUT2D eigenvalue weighted by Crippen LogP contribution is -2.12. The summed E-state index contributed by atoms with van der Waals surface area (Å²) in [6, 6.07) is 11.1. The van der Waals surface area contributed by atoms with E-state index in [-0.39, 0.29) is 18.1 Å². The molecule has 0 saturated heterocycles. The monoisotopic (exact) mass is 426 g/mol. The number of para-hydroxylation sites is 1. The normalized spacial score (nSPS) is 12.0. The number of phenolic OH excluding ortho intramolecular Hbond substituents is 2. The number of aromatic hydroxyl groups is 2. The molecular weight excluding hydrogens is 388 g/mol. The molecule has 2 N–H and O–H groups in total. The molecule has 2 aromatic rings. The first-order valence-electron chi connectivity index (χ1n) is 11.8. The van der Waals surface area contributed by atoms with Crippen LogP contribution in [-0.4, -0.2) is 16.2 Å². The molecule has 1 atom stereocenters. The van der Waals surface area contributed by atoms with Crippen molar-refractivity contribution >= 4 is 5.97 Å². The fourth-order valence-corrected chi connectivity index (χ4v) is 3.86. The minimum Gasteiger partial charge on any atom is -0.508 e. The highest BCUT2D eigenvalue weighted by Gasteiger charge is 2.19. The van der Waals surface area contributed by atoms with Crippen LogP contribution in [0.25, 0.3) is 0 Å². The van der Waals surface area contributed by atoms with Gasteiger partial charge in [-0.2, -0.15) is 0 Å². The summed E-state index contributed by atoms with van der Waals surface area (Å²) >= 11 is 0. The van der Waals surface area contributed by atoms with Gasteiger partial charge in [0, 0.05) is 12.0 Å². The van der Waals surface area contributed by atoms with Crippen LogP contribution in [0.15, 0.2) is 36.4 Å². The summed E-state index contributed by atoms with van der Waals surface area (Å²) in [6.07, 6.45) is 7.87. The van der Waals surface area contributed by atoms with Gasteiger partial charge in [0.2, 0.25) is 0 Å². The van der Waals surface area contributed by atoms with Crippen molar-refractivity contribution in [1.29, 1.82) is 0 Å². The average molecular weight is 427 g/mol. The molecule has 4 nitrogen and oxygen atoms in total. The molecule has 170 valence electrons. The molecule has 0 saturated carbocycles. The number of carbonyl (C=O) groups is 1. The molecule has 4 heteroatoms. The fraction of sp³-hybridized carbons (Fsp3) is 0.519. The summed E-state index contributed by atoms with van der Waals surface area (Å²) < 4.78 is 5.75. The molecule has 0 aliphatic heterocycles. The molecule has 0 heterocycles. The number of benzene rings is 2. The molecule has 31 heavy (non-hydrogen) atoms. The predicted octanol–water partition coefficient (Wildman–Crippen LogP) is 6.80. The minimum absolute atomic E-state index is 0.161. The van der Waals surface area contributed by atoms with E-state index in [4.69, 9.17) is 4.74 Å². The summed E-state index contributed by atoms with van der Waals surface area (Å²) in [5.41, 5.74) is 3.70. The van der Waals surface area contributed by atoms with E-state index >= 15 is 0 Å². The molecule has 2 rings (SSSR count). The van der Waals surface area contributed by atoms with Crippen LogP contribution in [-0.2, 0) is 28.8 Å². The van der Waals surface area contributed by atoms with Gasteiger partial charge in [0.1, 0.15) is 17.6 Å². The summed E-state index contributed by atoms with van der Waals surface area (Å²) in [5, 5.41) is 20.8. The largest absolute Gasteiger partial charge is 0.508 e. The lowest BCUT2D eigenvalue weighted by Gasteiger charge is -2.19. The van der Waals surface area contributed by atoms with E-state index in [0.717, 1.165) is 61.6 Å². The third-order valence-corrected chi connectivity index (χ3v) is 5.65. The van der Waals surface area contributed by atoms with Crippen LogP contribution in [0.2, 0.25) is 0 Å². The van der Waals surface area contributed by atoms with Gasteiger partial charge < -0.3 is 14.9 Å². The van der Waals surface area contributed by atoms with Crippen molar-refractivity contribution in [1.82, 2.24) is 0 Å². The van der Waals surface area contributed by atoms with Crippen molar-refractivity contribution in [3.05, 3.63) is 58.7 Å². The van der Waals surface area contributed by atoms with Gasteiger partial charge in [-0.25, -0.2) is 0 Å². The quantitative estimate of drug-likeness (QED) is 0.346. The van der Waals surface area contributed by atoms with Crippen molar-refractivity contribution in [3.8, 4) is 11.5 Å². The molecule has 0 fully saturated rings. The lowest BCUT2D eigenvalue weighted by molar-refractivity contribution is -0.149. The Morgan fingerprint density at radius 1 is 0.903 bits per heavy atom. The SMILES string of the molecule is CCCCc1cc(CCC(=O)OC(CCC)c2ccccc2O)cc(CCCC)c1O. The van der Waals surface area contributed by atoms with Crippen molar-refractivity contribution in [2.45, 2.75) is 91.1 Å². The molecule has 0 aromatic heterocycles. The smallest absolute Gasteiger partial charge is 0.306 e. The first-order valence-corrected chi connectivity index (χ1v) is 11.8. The average Bonchev–Trinajstić information content (AvgIpc) is 2.76. The topological polar surface area (TPSA) is 66.8 Å². The Bertz CT molecular complexity index is 799. The van der Waals surface area contributed by atoms with Gasteiger partial charge in [-0.05, 0) is 61.3 Å². The number of unbranched alkanes of at least 4 members (excludes halogenated alkanes) is 2. The van der Waals surface area contributed by atoms with Gasteiger partial charge in [-0.15, -0.1) is 0 Å². The number of ether oxygens (including phenoxy) is 1. The molecular formula is C27H38O4. The highest BCUT2D eigenvalue weighted by Crippen LogP contribution is 2.31. The number of esters is 1. The Kier molecular flexibility index (Phi) is 10.4. The second-order valence-electron chi connectivity index (χ2n) is 8.30. The maximum absolute atomic E-state index is 12.6. The van der Waals surface area contributed by atoms with Crippen LogP contribution in [0.4, 0.5) is 0 Å². The van der Waals surface area contributed by atoms with Crippen LogP contribution < -0.4 is 0 Å². The highest BCUT2D eigenvalue weighted by molar-refractivity contribution is 5.70. The van der Waals surface area contributed by atoms with Crippen molar-refractivity contribution in [2.24, 2.45) is 0 Å². The summed E-state index contributed by atoms with van der Waals surface area (Å²) in [4.78, 5) is 12.6. The number of hydrogen-bond acceptors (Lipinski definition) is 4. The van der Waals surface area contributed by atoms with Crippen molar-refractivity contribution in [2.75, 3.05) is 0 Å². The molecule has 0 spiro atoms. The number of rotatable bonds is 13. The molecule has 2 aromatic carbocycles. The molecule has 0 bridgehead atoms. The van der Waals surface area contributed by atoms with E-state index in [1.807, 2.05) is 31.2 Å². The van der Waals surface area contributed by atoms with E-state index in [9.17, 15) is 15.0 Å². The van der Waals surface area contributed by atoms with E-state index in [2.05, 4.69) is 13.8 Å². The Hall–Kier alpha value is -2.49. The van der Waals surface area contributed by atoms with E-state index < -0.39 is 6.10 Å². The number of hydrogen-bond donors (Lipinski definition) is 2. The lowest BCUT2D eigenvalue weighted by atomic mass is 9.95. The first-order chi connectivity index (χ1) is 15.0. The predicted molar refractivity (Wildman–Crippen MR) is 125 cm³/mol. The van der Waals surface area contributed by atoms with Gasteiger partial charge in [0.05, 0.1) is 0 Å². The van der Waals surface area contributed by atoms with Gasteiger partial charge in [0.15, 0.2) is 0 Å². The van der Waals surface area contributed by atoms with Gasteiger partial charge in [0.25, 0.3) is 0 Å². The van der Waals surface area contributed by atoms with E-state index in [0.29, 0.717) is 24.2 Å². The summed E-state index contributed by atoms with van der Waals surface area (Å²) in [6.45, 7) is 6.32. The molecule has 0 amide bonds. The number of carbonyl (C=O) groups excluding carboxylic acids is 1. The number of phenols is 2. The third kappa shape index (κ3) is 7.61. The second kappa shape index (κ2) is 13.0. The maximum Gasteiger partial charge on any atom is 0.306 e. The van der Waals surface area contributed by atoms with Crippen LogP contribution in [0.3, 0.4) is 0 Å². The molecule has 0 aliphatic rings. The van der Waals surface area contributed by atoms with Crippen LogP contribution in [0.5, 0.6) is 11.5 Å². The van der Waals surface area contributed by atoms with Crippen LogP contribution in [0.1, 0.15) is 94.1 Å². The maximum atomic E-state index is 12.6. The summed E-state index contributed by atoms with van der Waals surface area (Å²) in [7, 11) is 0. The molecule has 0 aliphatic carbocycles. The minimum atomic E-state index is -0.432. The molecule has 0 radical (unpaired) electrons. The Labute approximate surface area is 187 Å². The zero-order valence-corrected chi connectivity index (χ0v) is 19.3. The van der Waals surface area contributed by atoms with Gasteiger partial charge in [-0.3, -0.25) is 4.79 Å². The van der Waals surface area contributed by atoms with Crippen molar-refractivity contribution in [3.63, 3.8) is 0 Å². The standard InChI is InChI=1S/C27H38O4/c1-4-7-12-21-18-20(19-22(27(21)30)13-8-5-2)16-17-26(29)31-25(11-6-3)23-14-9-10-15-24(23)28/h9-10,14-15,18-19,25,28,30H,4-8,11-13,16-17H2,1-3H3. The molecule has 1 unspecified atom stereocenters. The highest BCUT2D eigenvalue weighted by atomic mass is 16.5. The van der Waals surface area contributed by atoms with E-state index in [1.54, 1.807) is 12.1 Å². The van der Waals surface area contributed by atoms with Gasteiger partial charge in [-0.1, -0.05) is 70.4 Å². The van der Waals surface area contributed by atoms with E-state index in [1.165, 1.54) is 0 Å². The third-order valence-electron chi connectivity index (χ3n) is 5.65. The fourth-order valence-electron chi connectivity index (χ4n) is 3.86. The van der Waals surface area contributed by atoms with Gasteiger partial charge >= 0.3 is 5.97 Å². The number of aryl methyl sites for hydroxylation is 3. The first kappa shape index (κ1) is 24.8. The Morgan fingerprint density at radius 2 is 1.52 bits per heavy atom. The van der Waals surface area contributed by atoms with Crippen LogP contribution >= 0.6 is 0 Å². The van der Waals surface area contributed by atoms with Crippen molar-refractivity contribution < 1.29 is 19.7 Å². The Morgan fingerprint density at radius 3 is 2.06 bits per heavy atom. The van der Waals surface area contributed by atoms with Crippen LogP contribution in [0, 0.1) is 0 Å². The Balaban J connectivity index is 2.09. The summed E-state index contributed by atoms with van der Waals surface area (Å²) in [5.74, 6) is 0.323. The zero-order chi connectivity index (χ0) is 22.6.